The van der Waals surface area contributed by atoms with E-state index in [4.69, 9.17) is 0 Å². The van der Waals surface area contributed by atoms with Crippen molar-refractivity contribution in [1.82, 2.24) is 9.78 Å². The van der Waals surface area contributed by atoms with Crippen LogP contribution in [0.1, 0.15) is 41.0 Å². The van der Waals surface area contributed by atoms with Crippen molar-refractivity contribution < 1.29 is 9.18 Å². The van der Waals surface area contributed by atoms with E-state index in [0.29, 0.717) is 22.2 Å². The van der Waals surface area contributed by atoms with Crippen molar-refractivity contribution >= 4 is 21.7 Å². The van der Waals surface area contributed by atoms with Crippen molar-refractivity contribution in [3.05, 3.63) is 51.5 Å². The van der Waals surface area contributed by atoms with Crippen molar-refractivity contribution in [1.29, 1.82) is 0 Å². The van der Waals surface area contributed by atoms with Gasteiger partial charge in [-0.3, -0.25) is 9.48 Å². The quantitative estimate of drug-likeness (QED) is 0.783. The van der Waals surface area contributed by atoms with Gasteiger partial charge in [-0.05, 0) is 49.4 Å². The van der Waals surface area contributed by atoms with Crippen molar-refractivity contribution in [3.8, 4) is 0 Å². The molecule has 3 nitrogen and oxygen atoms in total. The van der Waals surface area contributed by atoms with Crippen molar-refractivity contribution in [2.75, 3.05) is 0 Å². The zero-order valence-corrected chi connectivity index (χ0v) is 13.2. The predicted octanol–water partition coefficient (Wildman–Crippen LogP) is 3.94. The molecule has 0 aliphatic carbocycles. The van der Waals surface area contributed by atoms with Gasteiger partial charge < -0.3 is 0 Å². The number of benzene rings is 1. The maximum Gasteiger partial charge on any atom is 0.183 e. The molecule has 0 spiro atoms. The lowest BCUT2D eigenvalue weighted by molar-refractivity contribution is 0.0977. The Morgan fingerprint density at radius 2 is 2.19 bits per heavy atom. The summed E-state index contributed by atoms with van der Waals surface area (Å²) < 4.78 is 16.4. The first-order valence-electron chi connectivity index (χ1n) is 7.17. The molecule has 0 bridgehead atoms. The third-order valence-corrected chi connectivity index (χ3v) is 4.33. The lowest BCUT2D eigenvalue weighted by Crippen LogP contribution is -2.11. The molecule has 5 heteroatoms. The van der Waals surface area contributed by atoms with Gasteiger partial charge in [0.05, 0.1) is 0 Å². The van der Waals surface area contributed by atoms with Crippen LogP contribution < -0.4 is 0 Å². The molecule has 1 aromatic carbocycles. The van der Waals surface area contributed by atoms with Gasteiger partial charge >= 0.3 is 0 Å². The van der Waals surface area contributed by atoms with Crippen molar-refractivity contribution in [3.63, 3.8) is 0 Å². The molecule has 0 radical (unpaired) electrons. The number of carbonyl (C=O) groups excluding carboxylic acids is 1. The lowest BCUT2D eigenvalue weighted by atomic mass is 10.0. The number of rotatable bonds is 4. The minimum absolute atomic E-state index is 0.0146. The number of aryl methyl sites for hydroxylation is 3. The summed E-state index contributed by atoms with van der Waals surface area (Å²) in [6.45, 7) is 0.893. The third kappa shape index (κ3) is 3.23. The van der Waals surface area contributed by atoms with Crippen LogP contribution in [0.2, 0.25) is 0 Å². The second-order valence-electron chi connectivity index (χ2n) is 5.36. The van der Waals surface area contributed by atoms with E-state index < -0.39 is 0 Å². The Morgan fingerprint density at radius 3 is 2.95 bits per heavy atom. The molecule has 1 aromatic heterocycles. The molecule has 0 saturated carbocycles. The molecule has 2 aromatic rings. The summed E-state index contributed by atoms with van der Waals surface area (Å²) in [7, 11) is 0. The van der Waals surface area contributed by atoms with Gasteiger partial charge in [-0.1, -0.05) is 22.0 Å². The first-order valence-corrected chi connectivity index (χ1v) is 7.96. The van der Waals surface area contributed by atoms with E-state index in [-0.39, 0.29) is 18.0 Å². The van der Waals surface area contributed by atoms with Crippen LogP contribution in [0, 0.1) is 5.82 Å². The molecular weight excluding hydrogens is 335 g/mol. The fraction of sp³-hybridized carbons (Fsp3) is 0.375. The SMILES string of the molecule is O=C(CCc1ccc(Br)cc1F)c1cc2n(n1)CCCC2. The number of carbonyl (C=O) groups is 1. The largest absolute Gasteiger partial charge is 0.292 e. The van der Waals surface area contributed by atoms with Gasteiger partial charge in [0, 0.05) is 23.1 Å². The van der Waals surface area contributed by atoms with Gasteiger partial charge in [-0.15, -0.1) is 0 Å². The zero-order valence-electron chi connectivity index (χ0n) is 11.6. The molecule has 0 fully saturated rings. The van der Waals surface area contributed by atoms with Crippen LogP contribution in [0.3, 0.4) is 0 Å². The molecule has 2 heterocycles. The number of hydrogen-bond acceptors (Lipinski definition) is 2. The van der Waals surface area contributed by atoms with Crippen LogP contribution in [0.25, 0.3) is 0 Å². The normalized spacial score (nSPS) is 14.0. The van der Waals surface area contributed by atoms with Crippen LogP contribution in [-0.4, -0.2) is 15.6 Å². The number of halogens is 2. The van der Waals surface area contributed by atoms with Crippen LogP contribution >= 0.6 is 15.9 Å². The highest BCUT2D eigenvalue weighted by Gasteiger charge is 2.17. The fourth-order valence-electron chi connectivity index (χ4n) is 2.65. The highest BCUT2D eigenvalue weighted by molar-refractivity contribution is 9.10. The summed E-state index contributed by atoms with van der Waals surface area (Å²) in [5.74, 6) is -0.291. The van der Waals surface area contributed by atoms with Gasteiger partial charge in [0.1, 0.15) is 11.5 Å². The zero-order chi connectivity index (χ0) is 14.8. The first-order chi connectivity index (χ1) is 10.1. The number of fused-ring (bicyclic) bond motifs is 1. The number of ketones is 1. The molecule has 21 heavy (non-hydrogen) atoms. The van der Waals surface area contributed by atoms with E-state index >= 15 is 0 Å². The summed E-state index contributed by atoms with van der Waals surface area (Å²) in [4.78, 5) is 12.2. The smallest absolute Gasteiger partial charge is 0.183 e. The molecular formula is C16H16BrFN2O. The summed E-state index contributed by atoms with van der Waals surface area (Å²) in [5, 5.41) is 4.37. The molecule has 0 unspecified atom stereocenters. The molecule has 1 aliphatic rings. The lowest BCUT2D eigenvalue weighted by Gasteiger charge is -2.11. The van der Waals surface area contributed by atoms with Crippen molar-refractivity contribution in [2.24, 2.45) is 0 Å². The van der Waals surface area contributed by atoms with E-state index in [2.05, 4.69) is 21.0 Å². The van der Waals surface area contributed by atoms with Gasteiger partial charge in [0.2, 0.25) is 0 Å². The Balaban J connectivity index is 1.67. The highest BCUT2D eigenvalue weighted by atomic mass is 79.9. The molecule has 0 N–H and O–H groups in total. The average Bonchev–Trinajstić information content (AvgIpc) is 2.90. The second kappa shape index (κ2) is 6.10. The van der Waals surface area contributed by atoms with Crippen LogP contribution in [0.4, 0.5) is 4.39 Å². The Labute approximate surface area is 131 Å². The summed E-state index contributed by atoms with van der Waals surface area (Å²) in [5.41, 5.74) is 2.22. The molecule has 0 amide bonds. The van der Waals surface area contributed by atoms with Crippen LogP contribution in [0.5, 0.6) is 0 Å². The minimum Gasteiger partial charge on any atom is -0.292 e. The Morgan fingerprint density at radius 1 is 1.33 bits per heavy atom. The topological polar surface area (TPSA) is 34.9 Å². The fourth-order valence-corrected chi connectivity index (χ4v) is 2.99. The predicted molar refractivity (Wildman–Crippen MR) is 81.9 cm³/mol. The molecule has 1 aliphatic heterocycles. The molecule has 110 valence electrons. The number of aromatic nitrogens is 2. The molecule has 0 atom stereocenters. The minimum atomic E-state index is -0.277. The van der Waals surface area contributed by atoms with E-state index in [1.807, 2.05) is 10.7 Å². The summed E-state index contributed by atoms with van der Waals surface area (Å²) >= 11 is 3.23. The maximum absolute atomic E-state index is 13.7. The highest BCUT2D eigenvalue weighted by Crippen LogP contribution is 2.19. The van der Waals surface area contributed by atoms with Gasteiger partial charge in [0.15, 0.2) is 5.78 Å². The number of Topliss-reactive ketones (excluding diaryl/α,β-unsaturated/α-hetero) is 1. The summed E-state index contributed by atoms with van der Waals surface area (Å²) in [6, 6.07) is 6.82. The first kappa shape index (κ1) is 14.4. The van der Waals surface area contributed by atoms with Crippen LogP contribution in [-0.2, 0) is 19.4 Å². The second-order valence-corrected chi connectivity index (χ2v) is 6.28. The standard InChI is InChI=1S/C16H16BrFN2O/c17-12-6-4-11(14(18)9-12)5-7-16(21)15-10-13-3-1-2-8-20(13)19-15/h4,6,9-10H,1-3,5,7-8H2. The maximum atomic E-state index is 13.7. The number of nitrogens with zero attached hydrogens (tertiary/aromatic N) is 2. The summed E-state index contributed by atoms with van der Waals surface area (Å²) in [6.07, 6.45) is 3.95. The number of hydrogen-bond donors (Lipinski definition) is 0. The van der Waals surface area contributed by atoms with E-state index in [1.54, 1.807) is 12.1 Å². The third-order valence-electron chi connectivity index (χ3n) is 3.84. The van der Waals surface area contributed by atoms with Gasteiger partial charge in [-0.25, -0.2) is 4.39 Å². The van der Waals surface area contributed by atoms with Gasteiger partial charge in [0.25, 0.3) is 0 Å². The van der Waals surface area contributed by atoms with Gasteiger partial charge in [-0.2, -0.15) is 5.10 Å². The van der Waals surface area contributed by atoms with E-state index in [0.717, 1.165) is 31.5 Å². The molecule has 0 saturated heterocycles. The van der Waals surface area contributed by atoms with E-state index in [9.17, 15) is 9.18 Å². The average molecular weight is 351 g/mol. The van der Waals surface area contributed by atoms with Crippen molar-refractivity contribution in [2.45, 2.75) is 38.6 Å². The Kier molecular flexibility index (Phi) is 4.19. The Bertz CT molecular complexity index is 657. The molecule has 3 rings (SSSR count). The van der Waals surface area contributed by atoms with Crippen LogP contribution in [0.15, 0.2) is 28.7 Å². The van der Waals surface area contributed by atoms with E-state index in [1.165, 1.54) is 6.07 Å². The monoisotopic (exact) mass is 350 g/mol. The Hall–Kier alpha value is -1.49.